The number of ether oxygens (including phenoxy) is 1. The van der Waals surface area contributed by atoms with Crippen LogP contribution in [-0.4, -0.2) is 71.1 Å². The molecule has 3 aromatic rings. The first-order chi connectivity index (χ1) is 18.4. The lowest BCUT2D eigenvalue weighted by Gasteiger charge is -2.33. The fourth-order valence-corrected chi connectivity index (χ4v) is 5.56. The maximum absolute atomic E-state index is 14.6. The number of furan rings is 1. The lowest BCUT2D eigenvalue weighted by molar-refractivity contribution is -0.0328. The number of alkyl halides is 4. The summed E-state index contributed by atoms with van der Waals surface area (Å²) in [6.45, 7) is 0.950. The van der Waals surface area contributed by atoms with Gasteiger partial charge < -0.3 is 24.7 Å². The number of sulfone groups is 1. The summed E-state index contributed by atoms with van der Waals surface area (Å²) in [7, 11) is -0.220. The molecule has 39 heavy (non-hydrogen) atoms. The van der Waals surface area contributed by atoms with Crippen LogP contribution in [0.15, 0.2) is 50.6 Å². The molecule has 4 rings (SSSR count). The van der Waals surface area contributed by atoms with Gasteiger partial charge in [-0.3, -0.25) is 0 Å². The lowest BCUT2D eigenvalue weighted by atomic mass is 10.0. The molecule has 0 amide bonds. The van der Waals surface area contributed by atoms with Crippen LogP contribution in [0.1, 0.15) is 12.2 Å². The Morgan fingerprint density at radius 3 is 2.67 bits per heavy atom. The van der Waals surface area contributed by atoms with Crippen LogP contribution in [0, 0.1) is 11.8 Å². The van der Waals surface area contributed by atoms with Crippen molar-refractivity contribution in [3.8, 4) is 17.6 Å². The molecular weight excluding hydrogens is 558 g/mol. The lowest BCUT2D eigenvalue weighted by Crippen LogP contribution is -2.46. The fourth-order valence-electron chi connectivity index (χ4n) is 4.24. The van der Waals surface area contributed by atoms with Crippen LogP contribution in [0.25, 0.3) is 11.0 Å². The summed E-state index contributed by atoms with van der Waals surface area (Å²) >= 11 is -0.319. The first-order valence-electron chi connectivity index (χ1n) is 11.9. The number of fused-ring (bicyclic) bond motifs is 1. The Bertz CT molecular complexity index is 1510. The third kappa shape index (κ3) is 7.12. The zero-order chi connectivity index (χ0) is 28.4. The number of likely N-dealkylation sites (tertiary alicyclic amines) is 1. The molecule has 1 aromatic heterocycles. The quantitative estimate of drug-likeness (QED) is 0.218. The number of piperidine rings is 1. The van der Waals surface area contributed by atoms with Crippen LogP contribution in [0.3, 0.4) is 0 Å². The molecule has 13 heteroatoms. The van der Waals surface area contributed by atoms with Crippen molar-refractivity contribution in [3.63, 3.8) is 0 Å². The second-order valence-electron chi connectivity index (χ2n) is 9.10. The summed E-state index contributed by atoms with van der Waals surface area (Å²) in [6, 6.07) is 8.53. The van der Waals surface area contributed by atoms with E-state index in [-0.39, 0.29) is 57.1 Å². The van der Waals surface area contributed by atoms with E-state index in [0.717, 1.165) is 6.26 Å². The zero-order valence-corrected chi connectivity index (χ0v) is 23.0. The van der Waals surface area contributed by atoms with Gasteiger partial charge in [-0.15, -0.1) is 0 Å². The van der Waals surface area contributed by atoms with E-state index in [9.17, 15) is 26.0 Å². The Labute approximate surface area is 228 Å². The summed E-state index contributed by atoms with van der Waals surface area (Å²) in [5.41, 5.74) is -3.55. The minimum atomic E-state index is -4.58. The van der Waals surface area contributed by atoms with Crippen molar-refractivity contribution in [2.45, 2.75) is 33.9 Å². The number of benzene rings is 2. The SMILES string of the molecule is COc1cc(S(C)(=O)=O)ccc1NCC#Cc1oc2c(N[C@@H]3CCN(C)C[C@@H]3F)cccc2c1SC(F)(F)F. The molecule has 0 spiro atoms. The number of nitrogens with zero attached hydrogens (tertiary/aromatic N) is 1. The summed E-state index contributed by atoms with van der Waals surface area (Å²) in [4.78, 5) is 1.78. The minimum Gasteiger partial charge on any atom is -0.495 e. The Morgan fingerprint density at radius 1 is 1.23 bits per heavy atom. The maximum Gasteiger partial charge on any atom is 0.446 e. The molecule has 0 saturated carbocycles. The Morgan fingerprint density at radius 2 is 2.00 bits per heavy atom. The molecule has 1 saturated heterocycles. The van der Waals surface area contributed by atoms with Gasteiger partial charge in [0.25, 0.3) is 0 Å². The van der Waals surface area contributed by atoms with Crippen molar-refractivity contribution >= 4 is 43.9 Å². The smallest absolute Gasteiger partial charge is 0.446 e. The monoisotopic (exact) mass is 585 g/mol. The minimum absolute atomic E-state index is 0.00593. The van der Waals surface area contributed by atoms with Crippen molar-refractivity contribution in [2.24, 2.45) is 0 Å². The van der Waals surface area contributed by atoms with Crippen LogP contribution in [0.2, 0.25) is 0 Å². The molecule has 7 nitrogen and oxygen atoms in total. The number of hydrogen-bond acceptors (Lipinski definition) is 8. The van der Waals surface area contributed by atoms with Gasteiger partial charge in [0.1, 0.15) is 11.9 Å². The number of thioether (sulfide) groups is 1. The number of nitrogens with one attached hydrogen (secondary N) is 2. The Kier molecular flexibility index (Phi) is 8.58. The highest BCUT2D eigenvalue weighted by Crippen LogP contribution is 2.45. The molecule has 0 aliphatic carbocycles. The van der Waals surface area contributed by atoms with E-state index in [2.05, 4.69) is 22.5 Å². The van der Waals surface area contributed by atoms with Crippen molar-refractivity contribution in [1.82, 2.24) is 4.90 Å². The number of anilines is 2. The van der Waals surface area contributed by atoms with E-state index in [1.54, 1.807) is 12.1 Å². The van der Waals surface area contributed by atoms with Crippen molar-refractivity contribution < 1.29 is 35.1 Å². The standard InChI is InChI=1S/C26H27F4N3O4S2/c1-33-13-11-19(18(27)15-33)32-21-7-4-6-17-24(21)37-22(25(17)38-26(28,29)30)8-5-12-31-20-10-9-16(39(3,34)35)14-23(20)36-2/h4,6-7,9-10,14,18-19,31-32H,11-13,15H2,1-3H3/t18-,19+/m0/s1. The van der Waals surface area contributed by atoms with E-state index in [4.69, 9.17) is 9.15 Å². The Balaban J connectivity index is 1.61. The van der Waals surface area contributed by atoms with Crippen LogP contribution in [0.4, 0.5) is 28.9 Å². The highest BCUT2D eigenvalue weighted by molar-refractivity contribution is 8.00. The number of rotatable bonds is 7. The van der Waals surface area contributed by atoms with Crippen LogP contribution in [0.5, 0.6) is 5.75 Å². The number of hydrogen-bond donors (Lipinski definition) is 2. The molecule has 2 aromatic carbocycles. The normalized spacial score (nSPS) is 18.4. The molecule has 2 heterocycles. The Hall–Kier alpha value is -3.08. The third-order valence-electron chi connectivity index (χ3n) is 6.14. The molecule has 0 radical (unpaired) electrons. The predicted octanol–water partition coefficient (Wildman–Crippen LogP) is 5.37. The van der Waals surface area contributed by atoms with Crippen LogP contribution < -0.4 is 15.4 Å². The number of methoxy groups -OCH3 is 1. The molecule has 0 bridgehead atoms. The van der Waals surface area contributed by atoms with Gasteiger partial charge in [-0.25, -0.2) is 12.8 Å². The van der Waals surface area contributed by atoms with Gasteiger partial charge in [0, 0.05) is 30.8 Å². The van der Waals surface area contributed by atoms with Gasteiger partial charge >= 0.3 is 5.51 Å². The van der Waals surface area contributed by atoms with Crippen LogP contribution >= 0.6 is 11.8 Å². The summed E-state index contributed by atoms with van der Waals surface area (Å²) in [6.07, 6.45) is 0.465. The largest absolute Gasteiger partial charge is 0.495 e. The van der Waals surface area contributed by atoms with Crippen molar-refractivity contribution in [2.75, 3.05) is 50.7 Å². The van der Waals surface area contributed by atoms with E-state index in [0.29, 0.717) is 24.3 Å². The molecule has 210 valence electrons. The molecule has 2 atom stereocenters. The highest BCUT2D eigenvalue weighted by atomic mass is 32.2. The first-order valence-corrected chi connectivity index (χ1v) is 14.6. The number of halogens is 4. The van der Waals surface area contributed by atoms with E-state index in [1.807, 2.05) is 11.9 Å². The maximum atomic E-state index is 14.6. The fraction of sp³-hybridized carbons (Fsp3) is 0.385. The number of para-hydroxylation sites is 1. The van der Waals surface area contributed by atoms with Crippen molar-refractivity contribution in [3.05, 3.63) is 42.2 Å². The topological polar surface area (TPSA) is 83.8 Å². The van der Waals surface area contributed by atoms with Gasteiger partial charge in [0.05, 0.1) is 40.9 Å². The molecule has 1 aliphatic heterocycles. The van der Waals surface area contributed by atoms with Gasteiger partial charge in [-0.1, -0.05) is 12.0 Å². The average molecular weight is 586 g/mol. The summed E-state index contributed by atoms with van der Waals surface area (Å²) in [5.74, 6) is 5.53. The third-order valence-corrected chi connectivity index (χ3v) is 8.09. The highest BCUT2D eigenvalue weighted by Gasteiger charge is 2.34. The van der Waals surface area contributed by atoms with Gasteiger partial charge in [-0.2, -0.15) is 13.2 Å². The van der Waals surface area contributed by atoms with E-state index in [1.165, 1.54) is 31.4 Å². The molecule has 1 fully saturated rings. The molecule has 1 aliphatic rings. The summed E-state index contributed by atoms with van der Waals surface area (Å²) in [5, 5.41) is 6.30. The molecule has 2 N–H and O–H groups in total. The van der Waals surface area contributed by atoms with E-state index >= 15 is 0 Å². The van der Waals surface area contributed by atoms with Gasteiger partial charge in [0.2, 0.25) is 0 Å². The zero-order valence-electron chi connectivity index (χ0n) is 21.4. The van der Waals surface area contributed by atoms with Crippen molar-refractivity contribution in [1.29, 1.82) is 0 Å². The molecular formula is C26H27F4N3O4S2. The second kappa shape index (κ2) is 11.6. The van der Waals surface area contributed by atoms with Gasteiger partial charge in [0.15, 0.2) is 21.2 Å². The van der Waals surface area contributed by atoms with Crippen LogP contribution in [-0.2, 0) is 9.84 Å². The average Bonchev–Trinajstić information content (AvgIpc) is 3.19. The van der Waals surface area contributed by atoms with E-state index < -0.39 is 27.6 Å². The summed E-state index contributed by atoms with van der Waals surface area (Å²) < 4.78 is 89.5. The first kappa shape index (κ1) is 28.9. The molecule has 0 unspecified atom stereocenters. The second-order valence-corrected chi connectivity index (χ2v) is 12.2. The van der Waals surface area contributed by atoms with Gasteiger partial charge in [-0.05, 0) is 55.4 Å². The predicted molar refractivity (Wildman–Crippen MR) is 144 cm³/mol.